The number of rotatable bonds is 4. The van der Waals surface area contributed by atoms with Crippen molar-refractivity contribution in [2.75, 3.05) is 0 Å². The molecule has 0 aliphatic carbocycles. The molecule has 0 N–H and O–H groups in total. The van der Waals surface area contributed by atoms with E-state index >= 15 is 0 Å². The molecule has 0 radical (unpaired) electrons. The van der Waals surface area contributed by atoms with Crippen LogP contribution in [0.4, 0.5) is 0 Å². The van der Waals surface area contributed by atoms with E-state index in [2.05, 4.69) is 119 Å². The van der Waals surface area contributed by atoms with Crippen LogP contribution in [-0.4, -0.2) is 6.71 Å². The summed E-state index contributed by atoms with van der Waals surface area (Å²) in [6, 6.07) is 16.7. The van der Waals surface area contributed by atoms with Crippen molar-refractivity contribution < 1.29 is 0 Å². The lowest BCUT2D eigenvalue weighted by Crippen LogP contribution is -2.63. The molecule has 174 valence electrons. The maximum Gasteiger partial charge on any atom is 0.197 e. The number of hydrogen-bond donors (Lipinski definition) is 0. The second kappa shape index (κ2) is 8.04. The van der Waals surface area contributed by atoms with E-state index in [4.69, 9.17) is 0 Å². The van der Waals surface area contributed by atoms with Gasteiger partial charge in [-0.2, -0.15) is 0 Å². The first kappa shape index (κ1) is 24.1. The van der Waals surface area contributed by atoms with Gasteiger partial charge in [-0.25, -0.2) is 0 Å². The molecule has 0 nitrogen and oxygen atoms in total. The smallest absolute Gasteiger partial charge is 0.0714 e. The van der Waals surface area contributed by atoms with Gasteiger partial charge < -0.3 is 0 Å². The third-order valence-electron chi connectivity index (χ3n) is 8.50. The van der Waals surface area contributed by atoms with Gasteiger partial charge in [0.15, 0.2) is 6.71 Å². The lowest BCUT2D eigenvalue weighted by Gasteiger charge is -2.50. The summed E-state index contributed by atoms with van der Waals surface area (Å²) in [4.78, 5) is 0. The number of benzene rings is 3. The van der Waals surface area contributed by atoms with Crippen LogP contribution in [0.3, 0.4) is 0 Å². The van der Waals surface area contributed by atoms with Crippen LogP contribution in [0, 0.1) is 6.92 Å². The SMILES string of the molecule is Cc1ccc2cccc3c2c1C(C)(C)B(c1c(C(C)C)cc(C(C)C)cc1C(C)C)C3(C)C. The van der Waals surface area contributed by atoms with Crippen molar-refractivity contribution in [3.05, 3.63) is 75.8 Å². The minimum atomic E-state index is 0.0219. The molecular formula is C32H43B. The normalized spacial score (nSPS) is 17.0. The monoisotopic (exact) mass is 438 g/mol. The molecule has 0 aromatic heterocycles. The Kier molecular flexibility index (Phi) is 5.87. The van der Waals surface area contributed by atoms with E-state index in [0.29, 0.717) is 24.5 Å². The molecular weight excluding hydrogens is 395 g/mol. The zero-order valence-electron chi connectivity index (χ0n) is 22.9. The summed E-state index contributed by atoms with van der Waals surface area (Å²) in [7, 11) is 0. The molecule has 1 aliphatic rings. The quantitative estimate of drug-likeness (QED) is 0.358. The summed E-state index contributed by atoms with van der Waals surface area (Å²) in [5.41, 5.74) is 10.7. The third kappa shape index (κ3) is 3.58. The minimum absolute atomic E-state index is 0.0219. The van der Waals surface area contributed by atoms with Crippen LogP contribution in [0.2, 0.25) is 0 Å². The standard InChI is InChI=1S/C32H43B/c1-19(2)24-17-25(20(3)4)30(26(18-24)21(5)6)33-31(8,9)27-14-12-13-23-16-15-22(7)29(28(23)27)32(33,10)11/h12-21H,1-11H3. The molecule has 3 aromatic rings. The van der Waals surface area contributed by atoms with Crippen molar-refractivity contribution in [1.29, 1.82) is 0 Å². The summed E-state index contributed by atoms with van der Waals surface area (Å²) in [6.45, 7) is 27.0. The summed E-state index contributed by atoms with van der Waals surface area (Å²) < 4.78 is 0. The highest BCUT2D eigenvalue weighted by Gasteiger charge is 2.53. The van der Waals surface area contributed by atoms with Gasteiger partial charge in [0, 0.05) is 0 Å². The Morgan fingerprint density at radius 3 is 1.79 bits per heavy atom. The molecule has 0 fully saturated rings. The largest absolute Gasteiger partial charge is 0.197 e. The van der Waals surface area contributed by atoms with Crippen LogP contribution in [0.15, 0.2) is 42.5 Å². The van der Waals surface area contributed by atoms with E-state index in [-0.39, 0.29) is 10.6 Å². The Labute approximate surface area is 203 Å². The van der Waals surface area contributed by atoms with E-state index in [1.54, 1.807) is 22.2 Å². The highest BCUT2D eigenvalue weighted by molar-refractivity contribution is 6.80. The van der Waals surface area contributed by atoms with Crippen molar-refractivity contribution in [2.24, 2.45) is 0 Å². The molecule has 0 amide bonds. The van der Waals surface area contributed by atoms with Gasteiger partial charge in [-0.15, -0.1) is 0 Å². The average Bonchev–Trinajstić information content (AvgIpc) is 2.71. The first-order valence-corrected chi connectivity index (χ1v) is 13.0. The second-order valence-electron chi connectivity index (χ2n) is 12.6. The van der Waals surface area contributed by atoms with Crippen molar-refractivity contribution in [1.82, 2.24) is 0 Å². The third-order valence-corrected chi connectivity index (χ3v) is 8.50. The fourth-order valence-corrected chi connectivity index (χ4v) is 7.12. The van der Waals surface area contributed by atoms with Crippen molar-refractivity contribution in [3.63, 3.8) is 0 Å². The van der Waals surface area contributed by atoms with Gasteiger partial charge >= 0.3 is 0 Å². The molecule has 1 heterocycles. The van der Waals surface area contributed by atoms with Gasteiger partial charge in [-0.1, -0.05) is 128 Å². The highest BCUT2D eigenvalue weighted by atomic mass is 14.4. The Hall–Kier alpha value is -2.02. The number of aryl methyl sites for hydroxylation is 1. The predicted molar refractivity (Wildman–Crippen MR) is 149 cm³/mol. The lowest BCUT2D eigenvalue weighted by atomic mass is 9.16. The van der Waals surface area contributed by atoms with Crippen molar-refractivity contribution in [3.8, 4) is 0 Å². The van der Waals surface area contributed by atoms with Gasteiger partial charge in [0.05, 0.1) is 0 Å². The summed E-state index contributed by atoms with van der Waals surface area (Å²) in [5, 5.41) is 2.93. The molecule has 1 heteroatoms. The molecule has 3 aromatic carbocycles. The topological polar surface area (TPSA) is 0 Å². The molecule has 33 heavy (non-hydrogen) atoms. The van der Waals surface area contributed by atoms with Crippen LogP contribution in [0.25, 0.3) is 10.8 Å². The summed E-state index contributed by atoms with van der Waals surface area (Å²) >= 11 is 0. The fourth-order valence-electron chi connectivity index (χ4n) is 7.12. The first-order valence-electron chi connectivity index (χ1n) is 13.0. The Morgan fingerprint density at radius 2 is 1.27 bits per heavy atom. The maximum absolute atomic E-state index is 2.54. The fraction of sp³-hybridized carbons (Fsp3) is 0.500. The average molecular weight is 439 g/mol. The Morgan fingerprint density at radius 1 is 0.697 bits per heavy atom. The van der Waals surface area contributed by atoms with Crippen LogP contribution < -0.4 is 5.46 Å². The lowest BCUT2D eigenvalue weighted by molar-refractivity contribution is 0.631. The van der Waals surface area contributed by atoms with Gasteiger partial charge in [0.1, 0.15) is 0 Å². The van der Waals surface area contributed by atoms with Gasteiger partial charge in [-0.05, 0) is 68.3 Å². The molecule has 0 spiro atoms. The van der Waals surface area contributed by atoms with Gasteiger partial charge in [0.2, 0.25) is 0 Å². The summed E-state index contributed by atoms with van der Waals surface area (Å²) in [6.07, 6.45) is 0. The van der Waals surface area contributed by atoms with Crippen LogP contribution >= 0.6 is 0 Å². The zero-order valence-corrected chi connectivity index (χ0v) is 22.9. The molecule has 0 saturated heterocycles. The van der Waals surface area contributed by atoms with Crippen molar-refractivity contribution >= 4 is 22.9 Å². The van der Waals surface area contributed by atoms with E-state index in [9.17, 15) is 0 Å². The van der Waals surface area contributed by atoms with Crippen LogP contribution in [0.5, 0.6) is 0 Å². The zero-order chi connectivity index (χ0) is 24.5. The predicted octanol–water partition coefficient (Wildman–Crippen LogP) is 8.57. The van der Waals surface area contributed by atoms with E-state index in [1.807, 2.05) is 0 Å². The molecule has 0 atom stereocenters. The maximum atomic E-state index is 2.54. The summed E-state index contributed by atoms with van der Waals surface area (Å²) in [5.74, 6) is 1.53. The molecule has 0 unspecified atom stereocenters. The van der Waals surface area contributed by atoms with Gasteiger partial charge in [-0.3, -0.25) is 0 Å². The van der Waals surface area contributed by atoms with E-state index in [0.717, 1.165) is 0 Å². The van der Waals surface area contributed by atoms with Crippen LogP contribution in [-0.2, 0) is 10.6 Å². The van der Waals surface area contributed by atoms with Crippen LogP contribution in [0.1, 0.15) is 120 Å². The first-order chi connectivity index (χ1) is 15.3. The molecule has 1 aliphatic heterocycles. The Balaban J connectivity index is 2.15. The Bertz CT molecular complexity index is 1180. The van der Waals surface area contributed by atoms with E-state index in [1.165, 1.54) is 27.5 Å². The van der Waals surface area contributed by atoms with Crippen molar-refractivity contribution in [2.45, 2.75) is 105 Å². The van der Waals surface area contributed by atoms with Gasteiger partial charge in [0.25, 0.3) is 0 Å². The minimum Gasteiger partial charge on any atom is -0.0714 e. The molecule has 0 bridgehead atoms. The second-order valence-corrected chi connectivity index (χ2v) is 12.6. The molecule has 4 rings (SSSR count). The highest BCUT2D eigenvalue weighted by Crippen LogP contribution is 2.50. The van der Waals surface area contributed by atoms with E-state index < -0.39 is 0 Å². The molecule has 0 saturated carbocycles. The number of hydrogen-bond acceptors (Lipinski definition) is 0.